The molecule has 0 spiro atoms. The molecule has 1 aliphatic rings. The first-order valence-corrected chi connectivity index (χ1v) is 9.64. The van der Waals surface area contributed by atoms with Gasteiger partial charge in [0.25, 0.3) is 5.56 Å². The van der Waals surface area contributed by atoms with Crippen molar-refractivity contribution in [2.24, 2.45) is 0 Å². The van der Waals surface area contributed by atoms with Crippen LogP contribution < -0.4 is 10.9 Å². The van der Waals surface area contributed by atoms with Gasteiger partial charge in [0, 0.05) is 10.9 Å². The van der Waals surface area contributed by atoms with E-state index in [1.807, 2.05) is 60.9 Å². The Morgan fingerprint density at radius 3 is 2.40 bits per heavy atom. The van der Waals surface area contributed by atoms with Crippen LogP contribution in [0.2, 0.25) is 0 Å². The second kappa shape index (κ2) is 6.41. The number of thioether (sulfide) groups is 1. The molecular weight excluding hydrogens is 332 g/mol. The predicted molar refractivity (Wildman–Crippen MR) is 104 cm³/mol. The third-order valence-electron chi connectivity index (χ3n) is 4.64. The topological polar surface area (TPSA) is 51.1 Å². The number of nitrogens with zero attached hydrogens (tertiary/aromatic N) is 1. The quantitative estimate of drug-likeness (QED) is 0.776. The predicted octanol–water partition coefficient (Wildman–Crippen LogP) is 3.91. The summed E-state index contributed by atoms with van der Waals surface area (Å²) < 4.78 is 1.66. The number of carbonyl (C=O) groups excluding carboxylic acids is 1. The Morgan fingerprint density at radius 1 is 1.00 bits per heavy atom. The molecule has 3 aromatic rings. The van der Waals surface area contributed by atoms with E-state index in [9.17, 15) is 9.59 Å². The average molecular weight is 350 g/mol. The third-order valence-corrected chi connectivity index (χ3v) is 5.28. The van der Waals surface area contributed by atoms with Crippen LogP contribution in [0, 0.1) is 0 Å². The summed E-state index contributed by atoms with van der Waals surface area (Å²) in [6.45, 7) is 0. The van der Waals surface area contributed by atoms with Gasteiger partial charge in [0.2, 0.25) is 5.91 Å². The van der Waals surface area contributed by atoms with Crippen molar-refractivity contribution in [1.82, 2.24) is 4.57 Å². The molecule has 0 fully saturated rings. The van der Waals surface area contributed by atoms with Gasteiger partial charge < -0.3 is 5.32 Å². The highest BCUT2D eigenvalue weighted by molar-refractivity contribution is 7.98. The van der Waals surface area contributed by atoms with Crippen LogP contribution in [0.1, 0.15) is 12.5 Å². The highest BCUT2D eigenvalue weighted by Crippen LogP contribution is 2.39. The molecule has 1 N–H and O–H groups in total. The summed E-state index contributed by atoms with van der Waals surface area (Å²) in [5.74, 6) is 1.35. The molecule has 0 radical (unpaired) electrons. The van der Waals surface area contributed by atoms with Crippen LogP contribution in [0.15, 0.2) is 59.4 Å². The molecular formula is C20H18N2O2S. The molecule has 1 amide bonds. The normalized spacial score (nSPS) is 16.0. The minimum atomic E-state index is -0.443. The monoisotopic (exact) mass is 350 g/mol. The lowest BCUT2D eigenvalue weighted by molar-refractivity contribution is -0.118. The molecule has 0 aliphatic carbocycles. The van der Waals surface area contributed by atoms with Crippen LogP contribution in [0.25, 0.3) is 21.9 Å². The van der Waals surface area contributed by atoms with Gasteiger partial charge in [0.15, 0.2) is 0 Å². The molecule has 0 saturated heterocycles. The first kappa shape index (κ1) is 16.0. The van der Waals surface area contributed by atoms with Gasteiger partial charge in [-0.05, 0) is 35.4 Å². The molecule has 5 heteroatoms. The van der Waals surface area contributed by atoms with Crippen LogP contribution in [0.3, 0.4) is 0 Å². The van der Waals surface area contributed by atoms with Crippen LogP contribution in [0.4, 0.5) is 5.82 Å². The number of rotatable bonds is 4. The lowest BCUT2D eigenvalue weighted by Crippen LogP contribution is -2.25. The van der Waals surface area contributed by atoms with Crippen molar-refractivity contribution in [2.75, 3.05) is 17.3 Å². The highest BCUT2D eigenvalue weighted by atomic mass is 32.2. The molecule has 126 valence electrons. The molecule has 1 aliphatic heterocycles. The molecule has 4 nitrogen and oxygen atoms in total. The molecule has 1 atom stereocenters. The molecule has 2 heterocycles. The smallest absolute Gasteiger partial charge is 0.260 e. The van der Waals surface area contributed by atoms with E-state index in [1.54, 1.807) is 16.3 Å². The van der Waals surface area contributed by atoms with E-state index < -0.39 is 6.04 Å². The van der Waals surface area contributed by atoms with Gasteiger partial charge in [-0.15, -0.1) is 0 Å². The number of hydrogen-bond acceptors (Lipinski definition) is 3. The maximum absolute atomic E-state index is 13.1. The second-order valence-electron chi connectivity index (χ2n) is 6.10. The van der Waals surface area contributed by atoms with Crippen LogP contribution in [-0.2, 0) is 4.79 Å². The zero-order valence-electron chi connectivity index (χ0n) is 13.9. The van der Waals surface area contributed by atoms with Gasteiger partial charge in [-0.25, -0.2) is 0 Å². The standard InChI is InChI=1S/C20H18N2O2S/c1-25-12-11-16-19(23)21-18-17(13-7-3-2-4-8-13)14-9-5-6-10-15(14)20(24)22(16)18/h2-10,16H,11-12H2,1H3,(H,21,23). The van der Waals surface area contributed by atoms with Crippen molar-refractivity contribution < 1.29 is 4.79 Å². The van der Waals surface area contributed by atoms with Crippen molar-refractivity contribution in [3.05, 3.63) is 65.0 Å². The first-order chi connectivity index (χ1) is 12.2. The van der Waals surface area contributed by atoms with Crippen molar-refractivity contribution in [1.29, 1.82) is 0 Å². The Balaban J connectivity index is 2.06. The number of aromatic nitrogens is 1. The number of pyridine rings is 1. The third kappa shape index (κ3) is 2.55. The summed E-state index contributed by atoms with van der Waals surface area (Å²) in [6.07, 6.45) is 2.65. The molecule has 1 unspecified atom stereocenters. The Labute approximate surface area is 149 Å². The Kier molecular flexibility index (Phi) is 4.09. The largest absolute Gasteiger partial charge is 0.310 e. The molecule has 1 aromatic heterocycles. The summed E-state index contributed by atoms with van der Waals surface area (Å²) in [5, 5.41) is 4.49. The number of benzene rings is 2. The highest BCUT2D eigenvalue weighted by Gasteiger charge is 2.34. The summed E-state index contributed by atoms with van der Waals surface area (Å²) in [6, 6.07) is 17.0. The van der Waals surface area contributed by atoms with Crippen molar-refractivity contribution in [3.63, 3.8) is 0 Å². The lowest BCUT2D eigenvalue weighted by Gasteiger charge is -2.16. The fourth-order valence-electron chi connectivity index (χ4n) is 3.49. The van der Waals surface area contributed by atoms with Gasteiger partial charge >= 0.3 is 0 Å². The molecule has 25 heavy (non-hydrogen) atoms. The van der Waals surface area contributed by atoms with E-state index in [0.717, 1.165) is 22.3 Å². The van der Waals surface area contributed by atoms with Gasteiger partial charge in [0.1, 0.15) is 11.9 Å². The number of hydrogen-bond donors (Lipinski definition) is 1. The summed E-state index contributed by atoms with van der Waals surface area (Å²) in [5.41, 5.74) is 1.80. The number of nitrogens with one attached hydrogen (secondary N) is 1. The lowest BCUT2D eigenvalue weighted by atomic mass is 9.99. The Bertz CT molecular complexity index is 1010. The van der Waals surface area contributed by atoms with Crippen molar-refractivity contribution >= 4 is 34.3 Å². The van der Waals surface area contributed by atoms with E-state index in [1.165, 1.54) is 0 Å². The number of amides is 1. The van der Waals surface area contributed by atoms with E-state index in [0.29, 0.717) is 17.6 Å². The van der Waals surface area contributed by atoms with E-state index >= 15 is 0 Å². The van der Waals surface area contributed by atoms with Crippen LogP contribution in [0.5, 0.6) is 0 Å². The Morgan fingerprint density at radius 2 is 1.68 bits per heavy atom. The molecule has 4 rings (SSSR count). The summed E-state index contributed by atoms with van der Waals surface area (Å²) in [7, 11) is 0. The maximum Gasteiger partial charge on any atom is 0.260 e. The molecule has 2 aromatic carbocycles. The van der Waals surface area contributed by atoms with E-state index in [-0.39, 0.29) is 11.5 Å². The van der Waals surface area contributed by atoms with Crippen molar-refractivity contribution in [3.8, 4) is 11.1 Å². The van der Waals surface area contributed by atoms with Gasteiger partial charge in [-0.2, -0.15) is 11.8 Å². The van der Waals surface area contributed by atoms with E-state index in [4.69, 9.17) is 0 Å². The number of carbonyl (C=O) groups is 1. The maximum atomic E-state index is 13.1. The Hall–Kier alpha value is -2.53. The van der Waals surface area contributed by atoms with Crippen LogP contribution in [-0.4, -0.2) is 22.5 Å². The molecule has 0 saturated carbocycles. The van der Waals surface area contributed by atoms with Gasteiger partial charge in [-0.3, -0.25) is 14.2 Å². The number of anilines is 1. The minimum Gasteiger partial charge on any atom is -0.310 e. The fraction of sp³-hybridized carbons (Fsp3) is 0.200. The van der Waals surface area contributed by atoms with Crippen molar-refractivity contribution in [2.45, 2.75) is 12.5 Å². The summed E-state index contributed by atoms with van der Waals surface area (Å²) >= 11 is 1.68. The number of fused-ring (bicyclic) bond motifs is 2. The van der Waals surface area contributed by atoms with Crippen LogP contribution >= 0.6 is 11.8 Å². The SMILES string of the molecule is CSCCC1C(=O)Nc2c(-c3ccccc3)c3ccccc3c(=O)n21. The molecule has 0 bridgehead atoms. The summed E-state index contributed by atoms with van der Waals surface area (Å²) in [4.78, 5) is 25.7. The second-order valence-corrected chi connectivity index (χ2v) is 7.08. The first-order valence-electron chi connectivity index (χ1n) is 8.25. The average Bonchev–Trinajstić information content (AvgIpc) is 2.97. The van der Waals surface area contributed by atoms with E-state index in [2.05, 4.69) is 5.32 Å². The zero-order chi connectivity index (χ0) is 17.4. The van der Waals surface area contributed by atoms with Gasteiger partial charge in [0.05, 0.1) is 0 Å². The fourth-order valence-corrected chi connectivity index (χ4v) is 3.95. The zero-order valence-corrected chi connectivity index (χ0v) is 14.7. The minimum absolute atomic E-state index is 0.0985. The van der Waals surface area contributed by atoms with Gasteiger partial charge in [-0.1, -0.05) is 48.5 Å².